The molecule has 1 N–H and O–H groups in total. The number of nitrogens with zero attached hydrogens (tertiary/aromatic N) is 3. The van der Waals surface area contributed by atoms with Gasteiger partial charge in [0.25, 0.3) is 0 Å². The van der Waals surface area contributed by atoms with Crippen molar-refractivity contribution < 1.29 is 9.53 Å². The van der Waals surface area contributed by atoms with Crippen molar-refractivity contribution in [2.24, 2.45) is 13.0 Å². The average molecular weight is 419 g/mol. The largest absolute Gasteiger partial charge is 0.381 e. The van der Waals surface area contributed by atoms with Crippen molar-refractivity contribution in [3.05, 3.63) is 60.3 Å². The number of carbonyl (C=O) groups excluding carboxylic acids is 1. The molecule has 1 saturated heterocycles. The van der Waals surface area contributed by atoms with E-state index in [4.69, 9.17) is 4.74 Å². The molecule has 0 aliphatic carbocycles. The number of hydrogen-bond donors (Lipinski definition) is 1. The van der Waals surface area contributed by atoms with E-state index in [1.165, 1.54) is 0 Å². The Morgan fingerprint density at radius 1 is 1.20 bits per heavy atom. The molecule has 7 heteroatoms. The zero-order valence-corrected chi connectivity index (χ0v) is 17.5. The number of nitrogens with one attached hydrogen (secondary N) is 1. The molecule has 6 nitrogen and oxygen atoms in total. The fraction of sp³-hybridized carbons (Fsp3) is 0.261. The molecule has 4 rings (SSSR count). The van der Waals surface area contributed by atoms with Gasteiger partial charge in [-0.15, -0.1) is 0 Å². The standard InChI is InChI=1S/C23H22N4O2S/c1-27-22(7-10-25-27)21-6-5-20(13-17(21)15-24)30-19-4-2-3-18(14-19)26-23(28)16-8-11-29-12-9-16/h2-7,10,13-14,16H,8-9,11-12H2,1H3,(H,26,28). The highest BCUT2D eigenvalue weighted by molar-refractivity contribution is 7.99. The van der Waals surface area contributed by atoms with Gasteiger partial charge in [0.05, 0.1) is 17.3 Å². The predicted molar refractivity (Wildman–Crippen MR) is 116 cm³/mol. The number of nitriles is 1. The fourth-order valence-corrected chi connectivity index (χ4v) is 4.44. The van der Waals surface area contributed by atoms with Gasteiger partial charge in [0, 0.05) is 53.4 Å². The number of amides is 1. The number of anilines is 1. The third-order valence-electron chi connectivity index (χ3n) is 5.14. The average Bonchev–Trinajstić information content (AvgIpc) is 3.20. The van der Waals surface area contributed by atoms with E-state index in [1.807, 2.05) is 55.6 Å². The van der Waals surface area contributed by atoms with Crippen LogP contribution in [-0.2, 0) is 16.6 Å². The molecule has 0 spiro atoms. The van der Waals surface area contributed by atoms with Crippen LogP contribution in [-0.4, -0.2) is 28.9 Å². The van der Waals surface area contributed by atoms with Gasteiger partial charge < -0.3 is 10.1 Å². The summed E-state index contributed by atoms with van der Waals surface area (Å²) in [5.41, 5.74) is 3.15. The van der Waals surface area contributed by atoms with Crippen LogP contribution >= 0.6 is 11.8 Å². The first-order chi connectivity index (χ1) is 14.6. The molecule has 0 radical (unpaired) electrons. The first kappa shape index (κ1) is 20.2. The van der Waals surface area contributed by atoms with Gasteiger partial charge >= 0.3 is 0 Å². The van der Waals surface area contributed by atoms with Crippen LogP contribution in [0.5, 0.6) is 0 Å². The number of ether oxygens (including phenoxy) is 1. The molecular weight excluding hydrogens is 396 g/mol. The quantitative estimate of drug-likeness (QED) is 0.661. The Morgan fingerprint density at radius 3 is 2.73 bits per heavy atom. The smallest absolute Gasteiger partial charge is 0.227 e. The van der Waals surface area contributed by atoms with Crippen molar-refractivity contribution in [1.82, 2.24) is 9.78 Å². The zero-order valence-electron chi connectivity index (χ0n) is 16.7. The van der Waals surface area contributed by atoms with Gasteiger partial charge in [-0.1, -0.05) is 23.9 Å². The number of rotatable bonds is 5. The second-order valence-corrected chi connectivity index (χ2v) is 8.31. The zero-order chi connectivity index (χ0) is 20.9. The molecular formula is C23H22N4O2S. The molecule has 2 aromatic carbocycles. The lowest BCUT2D eigenvalue weighted by molar-refractivity contribution is -0.122. The SMILES string of the molecule is Cn1nccc1-c1ccc(Sc2cccc(NC(=O)C3CCOCC3)c2)cc1C#N. The summed E-state index contributed by atoms with van der Waals surface area (Å²) in [6.45, 7) is 1.29. The van der Waals surface area contributed by atoms with Gasteiger partial charge in [-0.2, -0.15) is 10.4 Å². The van der Waals surface area contributed by atoms with Crippen molar-refractivity contribution in [1.29, 1.82) is 5.26 Å². The minimum Gasteiger partial charge on any atom is -0.381 e. The van der Waals surface area contributed by atoms with Crippen molar-refractivity contribution >= 4 is 23.4 Å². The first-order valence-corrected chi connectivity index (χ1v) is 10.6. The van der Waals surface area contributed by atoms with E-state index >= 15 is 0 Å². The van der Waals surface area contributed by atoms with E-state index in [-0.39, 0.29) is 11.8 Å². The predicted octanol–water partition coefficient (Wildman–Crippen LogP) is 4.48. The van der Waals surface area contributed by atoms with E-state index in [1.54, 1.807) is 22.6 Å². The summed E-state index contributed by atoms with van der Waals surface area (Å²) in [6.07, 6.45) is 3.25. The van der Waals surface area contributed by atoms with E-state index < -0.39 is 0 Å². The number of aromatic nitrogens is 2. The molecule has 152 valence electrons. The summed E-state index contributed by atoms with van der Waals surface area (Å²) in [7, 11) is 1.86. The highest BCUT2D eigenvalue weighted by Gasteiger charge is 2.21. The summed E-state index contributed by atoms with van der Waals surface area (Å²) in [6, 6.07) is 17.8. The molecule has 1 fully saturated rings. The Labute approximate surface area is 179 Å². The third-order valence-corrected chi connectivity index (χ3v) is 6.12. The molecule has 0 bridgehead atoms. The second kappa shape index (κ2) is 9.16. The summed E-state index contributed by atoms with van der Waals surface area (Å²) in [4.78, 5) is 14.4. The normalized spacial score (nSPS) is 14.3. The molecule has 3 aromatic rings. The highest BCUT2D eigenvalue weighted by atomic mass is 32.2. The topological polar surface area (TPSA) is 79.9 Å². The highest BCUT2D eigenvalue weighted by Crippen LogP contribution is 2.33. The van der Waals surface area contributed by atoms with Crippen LogP contribution in [0.3, 0.4) is 0 Å². The van der Waals surface area contributed by atoms with Crippen LogP contribution < -0.4 is 5.32 Å². The maximum atomic E-state index is 12.5. The van der Waals surface area contributed by atoms with Gasteiger partial charge in [-0.05, 0) is 49.2 Å². The van der Waals surface area contributed by atoms with E-state index in [2.05, 4.69) is 16.5 Å². The van der Waals surface area contributed by atoms with Crippen molar-refractivity contribution in [3.8, 4) is 17.3 Å². The van der Waals surface area contributed by atoms with Gasteiger partial charge in [-0.25, -0.2) is 0 Å². The minimum absolute atomic E-state index is 0.00722. The Hall–Kier alpha value is -3.08. The molecule has 1 aliphatic rings. The lowest BCUT2D eigenvalue weighted by Crippen LogP contribution is -2.28. The maximum Gasteiger partial charge on any atom is 0.227 e. The molecule has 30 heavy (non-hydrogen) atoms. The molecule has 1 aromatic heterocycles. The van der Waals surface area contributed by atoms with E-state index in [9.17, 15) is 10.1 Å². The Morgan fingerprint density at radius 2 is 2.00 bits per heavy atom. The molecule has 1 amide bonds. The van der Waals surface area contributed by atoms with Gasteiger partial charge in [-0.3, -0.25) is 9.48 Å². The number of benzene rings is 2. The Kier molecular flexibility index (Phi) is 6.17. The lowest BCUT2D eigenvalue weighted by Gasteiger charge is -2.21. The first-order valence-electron chi connectivity index (χ1n) is 9.83. The van der Waals surface area contributed by atoms with Gasteiger partial charge in [0.2, 0.25) is 5.91 Å². The van der Waals surface area contributed by atoms with Crippen LogP contribution in [0.15, 0.2) is 64.5 Å². The lowest BCUT2D eigenvalue weighted by atomic mass is 9.99. The van der Waals surface area contributed by atoms with Crippen LogP contribution in [0.1, 0.15) is 18.4 Å². The number of aryl methyl sites for hydroxylation is 1. The monoisotopic (exact) mass is 418 g/mol. The maximum absolute atomic E-state index is 12.5. The van der Waals surface area contributed by atoms with Gasteiger partial charge in [0.15, 0.2) is 0 Å². The Balaban J connectivity index is 1.49. The van der Waals surface area contributed by atoms with Crippen molar-refractivity contribution in [3.63, 3.8) is 0 Å². The third kappa shape index (κ3) is 4.56. The Bertz CT molecular complexity index is 1100. The van der Waals surface area contributed by atoms with E-state index in [0.29, 0.717) is 18.8 Å². The second-order valence-electron chi connectivity index (χ2n) is 7.17. The fourth-order valence-electron chi connectivity index (χ4n) is 3.52. The van der Waals surface area contributed by atoms with Crippen LogP contribution in [0.4, 0.5) is 5.69 Å². The van der Waals surface area contributed by atoms with Crippen LogP contribution in [0, 0.1) is 17.2 Å². The molecule has 2 heterocycles. The number of carbonyl (C=O) groups is 1. The van der Waals surface area contributed by atoms with E-state index in [0.717, 1.165) is 39.6 Å². The van der Waals surface area contributed by atoms with Crippen LogP contribution in [0.25, 0.3) is 11.3 Å². The molecule has 0 unspecified atom stereocenters. The molecule has 0 saturated carbocycles. The summed E-state index contributed by atoms with van der Waals surface area (Å²) in [5.74, 6) is 0.0561. The van der Waals surface area contributed by atoms with Gasteiger partial charge in [0.1, 0.15) is 0 Å². The minimum atomic E-state index is 0.00722. The van der Waals surface area contributed by atoms with Crippen LogP contribution in [0.2, 0.25) is 0 Å². The molecule has 1 aliphatic heterocycles. The number of hydrogen-bond acceptors (Lipinski definition) is 5. The summed E-state index contributed by atoms with van der Waals surface area (Å²) < 4.78 is 7.09. The van der Waals surface area contributed by atoms with Crippen molar-refractivity contribution in [2.75, 3.05) is 18.5 Å². The molecule has 0 atom stereocenters. The summed E-state index contributed by atoms with van der Waals surface area (Å²) in [5, 5.41) is 16.8. The summed E-state index contributed by atoms with van der Waals surface area (Å²) >= 11 is 1.56. The van der Waals surface area contributed by atoms with Crippen molar-refractivity contribution in [2.45, 2.75) is 22.6 Å².